The summed E-state index contributed by atoms with van der Waals surface area (Å²) in [5.74, 6) is 1.66. The molecule has 0 radical (unpaired) electrons. The SMILES string of the molecule is C/C1=C\C=C(\C(C)C)CCC(C)CC(=O)CC(C)CC(=O)C1. The summed E-state index contributed by atoms with van der Waals surface area (Å²) in [6, 6.07) is 0. The Hall–Kier alpha value is -1.18. The van der Waals surface area contributed by atoms with E-state index in [4.69, 9.17) is 0 Å². The minimum absolute atomic E-state index is 0.171. The zero-order valence-corrected chi connectivity index (χ0v) is 14.9. The van der Waals surface area contributed by atoms with Crippen molar-refractivity contribution in [2.24, 2.45) is 17.8 Å². The quantitative estimate of drug-likeness (QED) is 0.660. The summed E-state index contributed by atoms with van der Waals surface area (Å²) in [4.78, 5) is 24.2. The van der Waals surface area contributed by atoms with E-state index in [-0.39, 0.29) is 11.7 Å². The molecule has 1 aliphatic carbocycles. The van der Waals surface area contributed by atoms with Crippen LogP contribution < -0.4 is 0 Å². The number of carbonyl (C=O) groups is 2. The topological polar surface area (TPSA) is 34.1 Å². The van der Waals surface area contributed by atoms with E-state index in [2.05, 4.69) is 32.9 Å². The zero-order valence-electron chi connectivity index (χ0n) is 14.9. The van der Waals surface area contributed by atoms with E-state index in [1.165, 1.54) is 5.57 Å². The third kappa shape index (κ3) is 7.20. The van der Waals surface area contributed by atoms with E-state index in [9.17, 15) is 9.59 Å². The van der Waals surface area contributed by atoms with Crippen LogP contribution in [0.1, 0.15) is 73.1 Å². The molecule has 0 aliphatic heterocycles. The average Bonchev–Trinajstić information content (AvgIpc) is 2.36. The predicted octanol–water partition coefficient (Wildman–Crippen LogP) is 5.28. The van der Waals surface area contributed by atoms with Gasteiger partial charge in [-0.2, -0.15) is 0 Å². The van der Waals surface area contributed by atoms with Crippen LogP contribution in [0.25, 0.3) is 0 Å². The third-order valence-corrected chi connectivity index (χ3v) is 4.45. The fourth-order valence-corrected chi connectivity index (χ4v) is 3.09. The number of hydrogen-bond acceptors (Lipinski definition) is 2. The predicted molar refractivity (Wildman–Crippen MR) is 92.7 cm³/mol. The van der Waals surface area contributed by atoms with Gasteiger partial charge in [0.15, 0.2) is 0 Å². The summed E-state index contributed by atoms with van der Waals surface area (Å²) in [5, 5.41) is 0. The molecule has 0 bridgehead atoms. The van der Waals surface area contributed by atoms with Crippen LogP contribution in [0.15, 0.2) is 23.3 Å². The molecule has 1 rings (SSSR count). The van der Waals surface area contributed by atoms with Crippen molar-refractivity contribution >= 4 is 11.6 Å². The first-order valence-corrected chi connectivity index (χ1v) is 8.67. The highest BCUT2D eigenvalue weighted by molar-refractivity contribution is 5.83. The number of allylic oxidation sites excluding steroid dienone is 4. The van der Waals surface area contributed by atoms with Gasteiger partial charge in [0, 0.05) is 25.7 Å². The molecule has 0 saturated carbocycles. The van der Waals surface area contributed by atoms with Crippen LogP contribution in [0.2, 0.25) is 0 Å². The summed E-state index contributed by atoms with van der Waals surface area (Å²) < 4.78 is 0. The summed E-state index contributed by atoms with van der Waals surface area (Å²) >= 11 is 0. The van der Waals surface area contributed by atoms with Crippen LogP contribution in [0.4, 0.5) is 0 Å². The van der Waals surface area contributed by atoms with Crippen molar-refractivity contribution in [2.75, 3.05) is 0 Å². The van der Waals surface area contributed by atoms with Gasteiger partial charge >= 0.3 is 0 Å². The minimum atomic E-state index is 0.171. The highest BCUT2D eigenvalue weighted by Crippen LogP contribution is 2.23. The number of carbonyl (C=O) groups excluding carboxylic acids is 2. The molecular weight excluding hydrogens is 272 g/mol. The maximum atomic E-state index is 12.1. The molecule has 2 heteroatoms. The molecule has 0 amide bonds. The molecule has 0 aromatic rings. The number of ketones is 2. The van der Waals surface area contributed by atoms with Crippen LogP contribution in [0, 0.1) is 17.8 Å². The fourth-order valence-electron chi connectivity index (χ4n) is 3.09. The molecule has 0 heterocycles. The summed E-state index contributed by atoms with van der Waals surface area (Å²) in [6.45, 7) is 10.6. The Morgan fingerprint density at radius 3 is 2.18 bits per heavy atom. The number of hydrogen-bond donors (Lipinski definition) is 0. The van der Waals surface area contributed by atoms with Crippen molar-refractivity contribution in [3.8, 4) is 0 Å². The Balaban J connectivity index is 2.92. The van der Waals surface area contributed by atoms with Crippen LogP contribution >= 0.6 is 0 Å². The zero-order chi connectivity index (χ0) is 16.7. The van der Waals surface area contributed by atoms with Gasteiger partial charge in [-0.25, -0.2) is 0 Å². The lowest BCUT2D eigenvalue weighted by Crippen LogP contribution is -2.13. The smallest absolute Gasteiger partial charge is 0.137 e. The highest BCUT2D eigenvalue weighted by atomic mass is 16.1. The van der Waals surface area contributed by atoms with Crippen molar-refractivity contribution < 1.29 is 9.59 Å². The average molecular weight is 304 g/mol. The number of rotatable bonds is 1. The van der Waals surface area contributed by atoms with Crippen LogP contribution in [-0.4, -0.2) is 11.6 Å². The molecule has 2 atom stereocenters. The standard InChI is InChI=1S/C20H32O2/c1-14(2)18-8-6-15(3)10-19(21)12-17(5)13-20(22)11-16(4)7-9-18/h6,8,14,16-17H,7,9-13H2,1-5H3/b15-6+,18-8+. The summed E-state index contributed by atoms with van der Waals surface area (Å²) in [5.41, 5.74) is 2.53. The Labute approximate surface area is 136 Å². The fraction of sp³-hybridized carbons (Fsp3) is 0.700. The van der Waals surface area contributed by atoms with Gasteiger partial charge < -0.3 is 0 Å². The maximum absolute atomic E-state index is 12.1. The molecule has 1 aliphatic rings. The molecule has 22 heavy (non-hydrogen) atoms. The Kier molecular flexibility index (Phi) is 7.78. The van der Waals surface area contributed by atoms with E-state index in [1.807, 2.05) is 13.8 Å². The van der Waals surface area contributed by atoms with E-state index in [1.54, 1.807) is 0 Å². The van der Waals surface area contributed by atoms with Crippen LogP contribution in [0.3, 0.4) is 0 Å². The molecule has 0 aromatic heterocycles. The van der Waals surface area contributed by atoms with E-state index in [0.717, 1.165) is 18.4 Å². The largest absolute Gasteiger partial charge is 0.300 e. The lowest BCUT2D eigenvalue weighted by molar-refractivity contribution is -0.121. The van der Waals surface area contributed by atoms with E-state index in [0.29, 0.717) is 43.3 Å². The third-order valence-electron chi connectivity index (χ3n) is 4.45. The number of Topliss-reactive ketones (excluding diaryl/α,β-unsaturated/α-hetero) is 2. The molecule has 0 saturated heterocycles. The second kappa shape index (κ2) is 9.07. The van der Waals surface area contributed by atoms with E-state index < -0.39 is 0 Å². The van der Waals surface area contributed by atoms with E-state index >= 15 is 0 Å². The van der Waals surface area contributed by atoms with Gasteiger partial charge in [0.25, 0.3) is 0 Å². The maximum Gasteiger partial charge on any atom is 0.137 e. The molecule has 124 valence electrons. The minimum Gasteiger partial charge on any atom is -0.300 e. The second-order valence-electron chi connectivity index (χ2n) is 7.52. The Morgan fingerprint density at radius 1 is 0.955 bits per heavy atom. The van der Waals surface area contributed by atoms with Gasteiger partial charge in [0.2, 0.25) is 0 Å². The Morgan fingerprint density at radius 2 is 1.55 bits per heavy atom. The lowest BCUT2D eigenvalue weighted by Gasteiger charge is -2.17. The van der Waals surface area contributed by atoms with Crippen LogP contribution in [-0.2, 0) is 9.59 Å². The van der Waals surface area contributed by atoms with Crippen molar-refractivity contribution in [1.29, 1.82) is 0 Å². The summed E-state index contributed by atoms with van der Waals surface area (Å²) in [7, 11) is 0. The molecule has 2 nitrogen and oxygen atoms in total. The normalized spacial score (nSPS) is 31.2. The van der Waals surface area contributed by atoms with Gasteiger partial charge in [0.05, 0.1) is 0 Å². The van der Waals surface area contributed by atoms with Gasteiger partial charge in [-0.1, -0.05) is 51.0 Å². The molecule has 0 N–H and O–H groups in total. The van der Waals surface area contributed by atoms with Crippen LogP contribution in [0.5, 0.6) is 0 Å². The van der Waals surface area contributed by atoms with Crippen molar-refractivity contribution in [1.82, 2.24) is 0 Å². The summed E-state index contributed by atoms with van der Waals surface area (Å²) in [6.07, 6.45) is 8.64. The first kappa shape index (κ1) is 18.9. The van der Waals surface area contributed by atoms with Crippen molar-refractivity contribution in [2.45, 2.75) is 73.1 Å². The molecule has 0 aromatic carbocycles. The van der Waals surface area contributed by atoms with Crippen molar-refractivity contribution in [3.05, 3.63) is 23.3 Å². The second-order valence-corrected chi connectivity index (χ2v) is 7.52. The first-order valence-electron chi connectivity index (χ1n) is 8.67. The Bertz CT molecular complexity index is 454. The van der Waals surface area contributed by atoms with Gasteiger partial charge in [-0.15, -0.1) is 0 Å². The van der Waals surface area contributed by atoms with Gasteiger partial charge in [-0.3, -0.25) is 9.59 Å². The van der Waals surface area contributed by atoms with Gasteiger partial charge in [0.1, 0.15) is 11.6 Å². The monoisotopic (exact) mass is 304 g/mol. The molecule has 0 spiro atoms. The lowest BCUT2D eigenvalue weighted by atomic mass is 9.88. The highest BCUT2D eigenvalue weighted by Gasteiger charge is 2.17. The van der Waals surface area contributed by atoms with Gasteiger partial charge in [-0.05, 0) is 37.5 Å². The molecule has 2 unspecified atom stereocenters. The first-order chi connectivity index (χ1) is 10.3. The van der Waals surface area contributed by atoms with Crippen molar-refractivity contribution in [3.63, 3.8) is 0 Å². The molecule has 0 fully saturated rings. The molecular formula is C20H32O2.